The first-order valence-electron chi connectivity index (χ1n) is 7.72. The van der Waals surface area contributed by atoms with Gasteiger partial charge in [0.1, 0.15) is 5.69 Å². The van der Waals surface area contributed by atoms with Gasteiger partial charge in [-0.2, -0.15) is 10.1 Å². The Morgan fingerprint density at radius 2 is 2.08 bits per heavy atom. The molecule has 0 spiro atoms. The van der Waals surface area contributed by atoms with Crippen molar-refractivity contribution in [2.24, 2.45) is 7.05 Å². The first kappa shape index (κ1) is 15.9. The SMILES string of the molecule is Cc1cc(C(=O)NC(C)Cc2nc(-c3ccccc3)no2)n(C)n1. The molecule has 3 rings (SSSR count). The molecule has 124 valence electrons. The van der Waals surface area contributed by atoms with E-state index in [1.807, 2.05) is 44.2 Å². The van der Waals surface area contributed by atoms with Gasteiger partial charge >= 0.3 is 0 Å². The molecule has 7 heteroatoms. The van der Waals surface area contributed by atoms with E-state index in [2.05, 4.69) is 20.6 Å². The van der Waals surface area contributed by atoms with Gasteiger partial charge in [0.25, 0.3) is 5.91 Å². The summed E-state index contributed by atoms with van der Waals surface area (Å²) in [5, 5.41) is 11.1. The van der Waals surface area contributed by atoms with Gasteiger partial charge in [0, 0.05) is 25.1 Å². The number of amides is 1. The zero-order valence-electron chi connectivity index (χ0n) is 13.9. The van der Waals surface area contributed by atoms with Crippen LogP contribution in [0.3, 0.4) is 0 Å². The van der Waals surface area contributed by atoms with Crippen molar-refractivity contribution >= 4 is 5.91 Å². The molecule has 0 bridgehead atoms. The number of carbonyl (C=O) groups excluding carboxylic acids is 1. The number of nitrogens with one attached hydrogen (secondary N) is 1. The van der Waals surface area contributed by atoms with Gasteiger partial charge in [0.05, 0.1) is 5.69 Å². The standard InChI is InChI=1S/C17H19N5O2/c1-11(18-17(23)14-9-12(2)20-22(14)3)10-15-19-16(21-24-15)13-7-5-4-6-8-13/h4-9,11H,10H2,1-3H3,(H,18,23). The van der Waals surface area contributed by atoms with Crippen LogP contribution < -0.4 is 5.32 Å². The lowest BCUT2D eigenvalue weighted by Gasteiger charge is -2.11. The molecule has 1 amide bonds. The van der Waals surface area contributed by atoms with Crippen LogP contribution in [-0.4, -0.2) is 31.9 Å². The van der Waals surface area contributed by atoms with Gasteiger partial charge in [0.2, 0.25) is 11.7 Å². The summed E-state index contributed by atoms with van der Waals surface area (Å²) in [7, 11) is 1.75. The molecule has 2 heterocycles. The Kier molecular flexibility index (Phi) is 4.41. The van der Waals surface area contributed by atoms with Crippen LogP contribution in [0.4, 0.5) is 0 Å². The van der Waals surface area contributed by atoms with Gasteiger partial charge in [-0.25, -0.2) is 0 Å². The predicted octanol–water partition coefficient (Wildman–Crippen LogP) is 2.14. The maximum absolute atomic E-state index is 12.3. The third-order valence-corrected chi connectivity index (χ3v) is 3.59. The maximum Gasteiger partial charge on any atom is 0.269 e. The Morgan fingerprint density at radius 1 is 1.33 bits per heavy atom. The van der Waals surface area contributed by atoms with Gasteiger partial charge < -0.3 is 9.84 Å². The number of aryl methyl sites for hydroxylation is 2. The van der Waals surface area contributed by atoms with Crippen molar-refractivity contribution in [1.29, 1.82) is 0 Å². The van der Waals surface area contributed by atoms with Crippen LogP contribution >= 0.6 is 0 Å². The van der Waals surface area contributed by atoms with Crippen LogP contribution in [0.2, 0.25) is 0 Å². The molecule has 1 unspecified atom stereocenters. The van der Waals surface area contributed by atoms with Crippen molar-refractivity contribution in [2.75, 3.05) is 0 Å². The van der Waals surface area contributed by atoms with E-state index in [9.17, 15) is 4.79 Å². The van der Waals surface area contributed by atoms with E-state index in [1.165, 1.54) is 0 Å². The molecule has 0 saturated heterocycles. The highest BCUT2D eigenvalue weighted by Crippen LogP contribution is 2.15. The zero-order valence-corrected chi connectivity index (χ0v) is 13.9. The Morgan fingerprint density at radius 3 is 2.75 bits per heavy atom. The van der Waals surface area contributed by atoms with Gasteiger partial charge in [-0.15, -0.1) is 0 Å². The number of carbonyl (C=O) groups is 1. The third kappa shape index (κ3) is 3.51. The molecule has 0 fully saturated rings. The number of benzene rings is 1. The minimum absolute atomic E-state index is 0.142. The fourth-order valence-electron chi connectivity index (χ4n) is 2.48. The van der Waals surface area contributed by atoms with Crippen LogP contribution in [0, 0.1) is 6.92 Å². The summed E-state index contributed by atoms with van der Waals surface area (Å²) in [5.41, 5.74) is 2.23. The fraction of sp³-hybridized carbons (Fsp3) is 0.294. The summed E-state index contributed by atoms with van der Waals surface area (Å²) in [6.45, 7) is 3.75. The Balaban J connectivity index is 1.63. The summed E-state index contributed by atoms with van der Waals surface area (Å²) in [6, 6.07) is 11.2. The van der Waals surface area contributed by atoms with E-state index >= 15 is 0 Å². The number of nitrogens with zero attached hydrogens (tertiary/aromatic N) is 4. The van der Waals surface area contributed by atoms with Gasteiger partial charge in [-0.05, 0) is 19.9 Å². The van der Waals surface area contributed by atoms with Crippen molar-refractivity contribution < 1.29 is 9.32 Å². The van der Waals surface area contributed by atoms with Crippen LogP contribution in [0.25, 0.3) is 11.4 Å². The molecule has 24 heavy (non-hydrogen) atoms. The molecule has 7 nitrogen and oxygen atoms in total. The van der Waals surface area contributed by atoms with E-state index in [1.54, 1.807) is 17.8 Å². The highest BCUT2D eigenvalue weighted by atomic mass is 16.5. The second-order valence-corrected chi connectivity index (χ2v) is 5.75. The predicted molar refractivity (Wildman–Crippen MR) is 88.3 cm³/mol. The van der Waals surface area contributed by atoms with Gasteiger partial charge in [-0.1, -0.05) is 35.5 Å². The van der Waals surface area contributed by atoms with Crippen molar-refractivity contribution in [3.63, 3.8) is 0 Å². The van der Waals surface area contributed by atoms with Crippen molar-refractivity contribution in [3.05, 3.63) is 53.7 Å². The Labute approximate surface area is 139 Å². The lowest BCUT2D eigenvalue weighted by Crippen LogP contribution is -2.35. The summed E-state index contributed by atoms with van der Waals surface area (Å²) in [4.78, 5) is 16.6. The molecule has 0 aliphatic heterocycles. The van der Waals surface area contributed by atoms with E-state index in [0.29, 0.717) is 23.8 Å². The zero-order chi connectivity index (χ0) is 17.1. The summed E-state index contributed by atoms with van der Waals surface area (Å²) < 4.78 is 6.84. The average molecular weight is 325 g/mol. The fourth-order valence-corrected chi connectivity index (χ4v) is 2.48. The Bertz CT molecular complexity index is 838. The largest absolute Gasteiger partial charge is 0.348 e. The lowest BCUT2D eigenvalue weighted by molar-refractivity contribution is 0.0929. The third-order valence-electron chi connectivity index (χ3n) is 3.59. The number of hydrogen-bond acceptors (Lipinski definition) is 5. The molecular weight excluding hydrogens is 306 g/mol. The molecule has 1 aromatic carbocycles. The van der Waals surface area contributed by atoms with Gasteiger partial charge in [-0.3, -0.25) is 9.48 Å². The minimum atomic E-state index is -0.173. The highest BCUT2D eigenvalue weighted by Gasteiger charge is 2.17. The van der Waals surface area contributed by atoms with Crippen LogP contribution in [-0.2, 0) is 13.5 Å². The molecule has 3 aromatic rings. The molecule has 0 saturated carbocycles. The molecule has 0 radical (unpaired) electrons. The molecule has 1 N–H and O–H groups in total. The van der Waals surface area contributed by atoms with E-state index in [0.717, 1.165) is 11.3 Å². The van der Waals surface area contributed by atoms with Crippen molar-refractivity contribution in [2.45, 2.75) is 26.3 Å². The summed E-state index contributed by atoms with van der Waals surface area (Å²) in [6.07, 6.45) is 0.461. The number of hydrogen-bond donors (Lipinski definition) is 1. The molecule has 2 aromatic heterocycles. The van der Waals surface area contributed by atoms with Crippen molar-refractivity contribution in [3.8, 4) is 11.4 Å². The highest BCUT2D eigenvalue weighted by molar-refractivity contribution is 5.92. The van der Waals surface area contributed by atoms with Gasteiger partial charge in [0.15, 0.2) is 0 Å². The van der Waals surface area contributed by atoms with Crippen LogP contribution in [0.15, 0.2) is 40.9 Å². The number of aromatic nitrogens is 4. The quantitative estimate of drug-likeness (QED) is 0.777. The second-order valence-electron chi connectivity index (χ2n) is 5.75. The van der Waals surface area contributed by atoms with E-state index in [4.69, 9.17) is 4.52 Å². The summed E-state index contributed by atoms with van der Waals surface area (Å²) >= 11 is 0. The van der Waals surface area contributed by atoms with E-state index < -0.39 is 0 Å². The molecule has 1 atom stereocenters. The van der Waals surface area contributed by atoms with E-state index in [-0.39, 0.29) is 11.9 Å². The first-order chi connectivity index (χ1) is 11.5. The Hall–Kier alpha value is -2.96. The molecule has 0 aliphatic carbocycles. The smallest absolute Gasteiger partial charge is 0.269 e. The number of rotatable bonds is 5. The molecule has 0 aliphatic rings. The van der Waals surface area contributed by atoms with Crippen LogP contribution in [0.5, 0.6) is 0 Å². The first-order valence-corrected chi connectivity index (χ1v) is 7.72. The second kappa shape index (κ2) is 6.66. The van der Waals surface area contributed by atoms with Crippen molar-refractivity contribution in [1.82, 2.24) is 25.2 Å². The normalized spacial score (nSPS) is 12.1. The topological polar surface area (TPSA) is 85.8 Å². The average Bonchev–Trinajstić information content (AvgIpc) is 3.14. The minimum Gasteiger partial charge on any atom is -0.348 e. The molecular formula is C17H19N5O2. The van der Waals surface area contributed by atoms with Crippen LogP contribution in [0.1, 0.15) is 29.0 Å². The lowest BCUT2D eigenvalue weighted by atomic mass is 10.2. The monoisotopic (exact) mass is 325 g/mol. The summed E-state index contributed by atoms with van der Waals surface area (Å²) in [5.74, 6) is 0.864. The maximum atomic E-state index is 12.3.